The molecule has 0 amide bonds. The minimum Gasteiger partial charge on any atom is -0.377 e. The number of alkyl halides is 1. The molecule has 1 saturated carbocycles. The highest BCUT2D eigenvalue weighted by molar-refractivity contribution is 6.18. The van der Waals surface area contributed by atoms with E-state index in [0.29, 0.717) is 5.41 Å². The van der Waals surface area contributed by atoms with Crippen LogP contribution in [0.5, 0.6) is 0 Å². The van der Waals surface area contributed by atoms with Gasteiger partial charge in [0.15, 0.2) is 0 Å². The van der Waals surface area contributed by atoms with Crippen LogP contribution in [0, 0.1) is 5.41 Å². The van der Waals surface area contributed by atoms with E-state index in [2.05, 4.69) is 12.1 Å². The molecule has 0 aliphatic heterocycles. The first-order valence-corrected chi connectivity index (χ1v) is 6.56. The Kier molecular flexibility index (Phi) is 4.25. The van der Waals surface area contributed by atoms with E-state index in [1.807, 2.05) is 18.2 Å². The van der Waals surface area contributed by atoms with Gasteiger partial charge in [0.1, 0.15) is 0 Å². The third-order valence-electron chi connectivity index (χ3n) is 3.59. The fraction of sp³-hybridized carbons (Fsp3) is 0.571. The summed E-state index contributed by atoms with van der Waals surface area (Å²) in [6.07, 6.45) is 5.02. The standard InChI is InChI=1S/C14H19ClO/c15-12-14(7-4-8-14)9-10-16-11-13-5-2-1-3-6-13/h1-3,5-6H,4,7-12H2. The van der Waals surface area contributed by atoms with E-state index in [-0.39, 0.29) is 0 Å². The van der Waals surface area contributed by atoms with Crippen LogP contribution < -0.4 is 0 Å². The first-order valence-electron chi connectivity index (χ1n) is 6.02. The van der Waals surface area contributed by atoms with E-state index in [9.17, 15) is 0 Å². The van der Waals surface area contributed by atoms with Gasteiger partial charge in [0.25, 0.3) is 0 Å². The average molecular weight is 239 g/mol. The van der Waals surface area contributed by atoms with E-state index < -0.39 is 0 Å². The molecule has 0 heterocycles. The Morgan fingerprint density at radius 1 is 1.19 bits per heavy atom. The molecular formula is C14H19ClO. The number of hydrogen-bond acceptors (Lipinski definition) is 1. The van der Waals surface area contributed by atoms with Crippen LogP contribution in [-0.2, 0) is 11.3 Å². The molecule has 1 aliphatic carbocycles. The summed E-state index contributed by atoms with van der Waals surface area (Å²) in [7, 11) is 0. The van der Waals surface area contributed by atoms with Gasteiger partial charge in [-0.25, -0.2) is 0 Å². The second kappa shape index (κ2) is 5.70. The van der Waals surface area contributed by atoms with Gasteiger partial charge < -0.3 is 4.74 Å². The molecule has 2 rings (SSSR count). The van der Waals surface area contributed by atoms with Gasteiger partial charge in [-0.05, 0) is 30.2 Å². The molecule has 88 valence electrons. The summed E-state index contributed by atoms with van der Waals surface area (Å²) in [4.78, 5) is 0. The second-order valence-corrected chi connectivity index (χ2v) is 5.04. The molecule has 1 aliphatic rings. The maximum absolute atomic E-state index is 6.00. The van der Waals surface area contributed by atoms with Crippen molar-refractivity contribution in [2.24, 2.45) is 5.41 Å². The van der Waals surface area contributed by atoms with Crippen LogP contribution in [0.4, 0.5) is 0 Å². The van der Waals surface area contributed by atoms with Gasteiger partial charge in [-0.3, -0.25) is 0 Å². The summed E-state index contributed by atoms with van der Waals surface area (Å²) >= 11 is 6.00. The molecule has 0 saturated heterocycles. The number of ether oxygens (including phenoxy) is 1. The molecule has 0 bridgehead atoms. The highest BCUT2D eigenvalue weighted by atomic mass is 35.5. The molecule has 1 nitrogen and oxygen atoms in total. The van der Waals surface area contributed by atoms with Crippen molar-refractivity contribution in [3.63, 3.8) is 0 Å². The molecule has 2 heteroatoms. The normalized spacial score (nSPS) is 18.1. The lowest BCUT2D eigenvalue weighted by Crippen LogP contribution is -2.32. The lowest BCUT2D eigenvalue weighted by molar-refractivity contribution is 0.0566. The van der Waals surface area contributed by atoms with Gasteiger partial charge in [-0.2, -0.15) is 0 Å². The van der Waals surface area contributed by atoms with Crippen molar-refractivity contribution in [2.45, 2.75) is 32.3 Å². The molecule has 1 fully saturated rings. The van der Waals surface area contributed by atoms with Gasteiger partial charge in [0.2, 0.25) is 0 Å². The zero-order valence-electron chi connectivity index (χ0n) is 9.62. The third-order valence-corrected chi connectivity index (χ3v) is 4.15. The highest BCUT2D eigenvalue weighted by Gasteiger charge is 2.35. The maximum atomic E-state index is 6.00. The van der Waals surface area contributed by atoms with Crippen LogP contribution in [0.15, 0.2) is 30.3 Å². The summed E-state index contributed by atoms with van der Waals surface area (Å²) in [5.41, 5.74) is 1.65. The SMILES string of the molecule is ClCC1(CCOCc2ccccc2)CCC1. The summed E-state index contributed by atoms with van der Waals surface area (Å²) in [5, 5.41) is 0. The predicted octanol–water partition coefficient (Wildman–Crippen LogP) is 4.00. The molecule has 1 aromatic rings. The fourth-order valence-electron chi connectivity index (χ4n) is 2.18. The van der Waals surface area contributed by atoms with Crippen LogP contribution in [-0.4, -0.2) is 12.5 Å². The first-order chi connectivity index (χ1) is 7.85. The van der Waals surface area contributed by atoms with Crippen LogP contribution in [0.3, 0.4) is 0 Å². The van der Waals surface area contributed by atoms with E-state index in [1.165, 1.54) is 24.8 Å². The smallest absolute Gasteiger partial charge is 0.0716 e. The van der Waals surface area contributed by atoms with Crippen LogP contribution in [0.2, 0.25) is 0 Å². The summed E-state index contributed by atoms with van der Waals surface area (Å²) in [6, 6.07) is 10.3. The van der Waals surface area contributed by atoms with E-state index in [1.54, 1.807) is 0 Å². The first kappa shape index (κ1) is 11.9. The molecule has 0 atom stereocenters. The molecule has 16 heavy (non-hydrogen) atoms. The van der Waals surface area contributed by atoms with E-state index >= 15 is 0 Å². The Morgan fingerprint density at radius 3 is 2.50 bits per heavy atom. The quantitative estimate of drug-likeness (QED) is 0.538. The highest BCUT2D eigenvalue weighted by Crippen LogP contribution is 2.44. The number of halogens is 1. The molecular weight excluding hydrogens is 220 g/mol. The summed E-state index contributed by atoms with van der Waals surface area (Å²) in [6.45, 7) is 1.56. The van der Waals surface area contributed by atoms with Crippen molar-refractivity contribution < 1.29 is 4.74 Å². The monoisotopic (exact) mass is 238 g/mol. The molecule has 0 spiro atoms. The lowest BCUT2D eigenvalue weighted by Gasteiger charge is -2.40. The minimum absolute atomic E-state index is 0.401. The molecule has 0 aromatic heterocycles. The Labute approximate surface area is 103 Å². The molecule has 0 N–H and O–H groups in total. The van der Waals surface area contributed by atoms with Gasteiger partial charge in [-0.1, -0.05) is 36.8 Å². The fourth-order valence-corrected chi connectivity index (χ4v) is 2.58. The Balaban J connectivity index is 1.65. The van der Waals surface area contributed by atoms with Crippen LogP contribution in [0.1, 0.15) is 31.2 Å². The van der Waals surface area contributed by atoms with Gasteiger partial charge in [0.05, 0.1) is 6.61 Å². The lowest BCUT2D eigenvalue weighted by atomic mass is 9.68. The van der Waals surface area contributed by atoms with Crippen molar-refractivity contribution in [3.8, 4) is 0 Å². The van der Waals surface area contributed by atoms with E-state index in [4.69, 9.17) is 16.3 Å². The summed E-state index contributed by atoms with van der Waals surface area (Å²) < 4.78 is 5.69. The number of benzene rings is 1. The molecule has 0 radical (unpaired) electrons. The Morgan fingerprint density at radius 2 is 1.94 bits per heavy atom. The van der Waals surface area contributed by atoms with Gasteiger partial charge in [0, 0.05) is 12.5 Å². The topological polar surface area (TPSA) is 9.23 Å². The number of rotatable bonds is 6. The molecule has 1 aromatic carbocycles. The van der Waals surface area contributed by atoms with Crippen molar-refractivity contribution in [1.82, 2.24) is 0 Å². The Hall–Kier alpha value is -0.530. The maximum Gasteiger partial charge on any atom is 0.0716 e. The number of hydrogen-bond donors (Lipinski definition) is 0. The van der Waals surface area contributed by atoms with Gasteiger partial charge in [-0.15, -0.1) is 11.6 Å². The zero-order valence-corrected chi connectivity index (χ0v) is 10.4. The zero-order chi connectivity index (χ0) is 11.3. The van der Waals surface area contributed by atoms with Crippen molar-refractivity contribution in [2.75, 3.05) is 12.5 Å². The van der Waals surface area contributed by atoms with Gasteiger partial charge >= 0.3 is 0 Å². The average Bonchev–Trinajstić information content (AvgIpc) is 2.29. The summed E-state index contributed by atoms with van der Waals surface area (Å²) in [5.74, 6) is 0.793. The predicted molar refractivity (Wildman–Crippen MR) is 67.7 cm³/mol. The van der Waals surface area contributed by atoms with Crippen LogP contribution in [0.25, 0.3) is 0 Å². The van der Waals surface area contributed by atoms with Crippen molar-refractivity contribution in [1.29, 1.82) is 0 Å². The van der Waals surface area contributed by atoms with Crippen molar-refractivity contribution >= 4 is 11.6 Å². The van der Waals surface area contributed by atoms with Crippen LogP contribution >= 0.6 is 11.6 Å². The Bertz CT molecular complexity index is 300. The second-order valence-electron chi connectivity index (χ2n) is 4.78. The van der Waals surface area contributed by atoms with Crippen molar-refractivity contribution in [3.05, 3.63) is 35.9 Å². The van der Waals surface area contributed by atoms with E-state index in [0.717, 1.165) is 25.5 Å². The molecule has 0 unspecified atom stereocenters. The third kappa shape index (κ3) is 2.99. The minimum atomic E-state index is 0.401. The largest absolute Gasteiger partial charge is 0.377 e.